The third-order valence-electron chi connectivity index (χ3n) is 3.47. The fourth-order valence-electron chi connectivity index (χ4n) is 2.23. The Bertz CT molecular complexity index is 946. The van der Waals surface area contributed by atoms with E-state index >= 15 is 0 Å². The van der Waals surface area contributed by atoms with Gasteiger partial charge in [-0.2, -0.15) is 0 Å². The van der Waals surface area contributed by atoms with Gasteiger partial charge in [0.05, 0.1) is 9.83 Å². The van der Waals surface area contributed by atoms with E-state index < -0.39 is 4.92 Å². The minimum atomic E-state index is -0.497. The van der Waals surface area contributed by atoms with Crippen LogP contribution in [0.3, 0.4) is 0 Å². The van der Waals surface area contributed by atoms with Crippen molar-refractivity contribution in [2.24, 2.45) is 0 Å². The molecule has 9 heteroatoms. The molecule has 2 aromatic carbocycles. The number of nitrogens with one attached hydrogen (secondary N) is 1. The molecule has 0 aromatic heterocycles. The Morgan fingerprint density at radius 2 is 2.08 bits per heavy atom. The third-order valence-corrected chi connectivity index (χ3v) is 5.12. The molecule has 0 spiro atoms. The Balaban J connectivity index is 1.93. The lowest BCUT2D eigenvalue weighted by molar-refractivity contribution is -0.384. The number of benzene rings is 2. The molecule has 3 rings (SSSR count). The molecule has 1 aliphatic rings. The number of thiocarbonyl (C=S) groups is 1. The molecule has 6 nitrogen and oxygen atoms in total. The van der Waals surface area contributed by atoms with E-state index in [2.05, 4.69) is 5.32 Å². The van der Waals surface area contributed by atoms with Gasteiger partial charge in [-0.15, -0.1) is 0 Å². The van der Waals surface area contributed by atoms with Crippen LogP contribution in [0.5, 0.6) is 5.75 Å². The van der Waals surface area contributed by atoms with Crippen LogP contribution in [0.2, 0.25) is 5.02 Å². The zero-order valence-corrected chi connectivity index (χ0v) is 15.5. The van der Waals surface area contributed by atoms with Crippen molar-refractivity contribution in [2.75, 3.05) is 0 Å². The number of carbonyl (C=O) groups excluding carboxylic acids is 1. The summed E-state index contributed by atoms with van der Waals surface area (Å²) in [4.78, 5) is 22.8. The minimum absolute atomic E-state index is 0.0878. The van der Waals surface area contributed by atoms with Crippen molar-refractivity contribution >= 4 is 57.6 Å². The van der Waals surface area contributed by atoms with Crippen molar-refractivity contribution in [1.29, 1.82) is 0 Å². The number of hydrogen-bond acceptors (Lipinski definition) is 6. The van der Waals surface area contributed by atoms with Crippen LogP contribution in [0.25, 0.3) is 6.08 Å². The van der Waals surface area contributed by atoms with Crippen molar-refractivity contribution in [3.63, 3.8) is 0 Å². The van der Waals surface area contributed by atoms with Gasteiger partial charge in [-0.1, -0.05) is 42.0 Å². The third kappa shape index (κ3) is 4.21. The van der Waals surface area contributed by atoms with E-state index in [-0.39, 0.29) is 22.5 Å². The highest BCUT2D eigenvalue weighted by Gasteiger charge is 2.22. The lowest BCUT2D eigenvalue weighted by atomic mass is 10.1. The van der Waals surface area contributed by atoms with Crippen molar-refractivity contribution < 1.29 is 14.5 Å². The Morgan fingerprint density at radius 3 is 2.73 bits per heavy atom. The normalized spacial score (nSPS) is 15.2. The number of carbonyl (C=O) groups is 1. The van der Waals surface area contributed by atoms with E-state index in [0.29, 0.717) is 21.2 Å². The molecule has 1 N–H and O–H groups in total. The summed E-state index contributed by atoms with van der Waals surface area (Å²) in [6.07, 6.45) is 1.60. The highest BCUT2D eigenvalue weighted by atomic mass is 35.5. The largest absolute Gasteiger partial charge is 0.488 e. The highest BCUT2D eigenvalue weighted by Crippen LogP contribution is 2.32. The van der Waals surface area contributed by atoms with Crippen molar-refractivity contribution in [3.05, 3.63) is 73.6 Å². The van der Waals surface area contributed by atoms with Crippen LogP contribution in [0.4, 0.5) is 10.5 Å². The number of nitro benzene ring substituents is 1. The molecule has 132 valence electrons. The molecule has 2 aromatic rings. The summed E-state index contributed by atoms with van der Waals surface area (Å²) >= 11 is 12.1. The van der Waals surface area contributed by atoms with Crippen molar-refractivity contribution in [1.82, 2.24) is 5.32 Å². The summed E-state index contributed by atoms with van der Waals surface area (Å²) in [6, 6.07) is 11.5. The molecule has 1 amide bonds. The first kappa shape index (κ1) is 18.4. The maximum absolute atomic E-state index is 11.4. The van der Waals surface area contributed by atoms with Gasteiger partial charge in [-0.05, 0) is 30.0 Å². The molecule has 1 heterocycles. The number of thioether (sulfide) groups is 1. The van der Waals surface area contributed by atoms with Gasteiger partial charge in [-0.3, -0.25) is 14.9 Å². The van der Waals surface area contributed by atoms with Gasteiger partial charge in [0.2, 0.25) is 0 Å². The highest BCUT2D eigenvalue weighted by molar-refractivity contribution is 8.19. The molecular formula is C17H11ClN2O4S2. The van der Waals surface area contributed by atoms with Crippen molar-refractivity contribution in [3.8, 4) is 5.75 Å². The average Bonchev–Trinajstić information content (AvgIpc) is 2.92. The summed E-state index contributed by atoms with van der Waals surface area (Å²) < 4.78 is 5.80. The van der Waals surface area contributed by atoms with E-state index in [0.717, 1.165) is 17.3 Å². The summed E-state index contributed by atoms with van der Waals surface area (Å²) in [5.41, 5.74) is 1.15. The Morgan fingerprint density at radius 1 is 1.31 bits per heavy atom. The molecule has 0 atom stereocenters. The number of halogens is 1. The molecule has 1 aliphatic heterocycles. The van der Waals surface area contributed by atoms with Crippen LogP contribution in [0.15, 0.2) is 47.4 Å². The second kappa shape index (κ2) is 7.86. The summed E-state index contributed by atoms with van der Waals surface area (Å²) in [5.74, 6) is 0.422. The van der Waals surface area contributed by atoms with E-state index in [4.69, 9.17) is 28.6 Å². The molecule has 1 fully saturated rings. The number of hydrogen-bond donors (Lipinski definition) is 1. The molecule has 0 aliphatic carbocycles. The Labute approximate surface area is 163 Å². The van der Waals surface area contributed by atoms with Gasteiger partial charge in [0, 0.05) is 28.3 Å². The van der Waals surface area contributed by atoms with Crippen LogP contribution < -0.4 is 10.1 Å². The predicted molar refractivity (Wildman–Crippen MR) is 106 cm³/mol. The fourth-order valence-corrected chi connectivity index (χ4v) is 3.44. The van der Waals surface area contributed by atoms with Gasteiger partial charge >= 0.3 is 0 Å². The molecule has 0 radical (unpaired) electrons. The number of non-ortho nitro benzene ring substituents is 1. The van der Waals surface area contributed by atoms with Crippen LogP contribution in [-0.2, 0) is 6.61 Å². The Hall–Kier alpha value is -2.42. The summed E-state index contributed by atoms with van der Waals surface area (Å²) in [6.45, 7) is 0.197. The summed E-state index contributed by atoms with van der Waals surface area (Å²) in [5, 5.41) is 13.9. The number of rotatable bonds is 5. The van der Waals surface area contributed by atoms with Crippen LogP contribution >= 0.6 is 35.6 Å². The van der Waals surface area contributed by atoms with Crippen LogP contribution in [0, 0.1) is 10.1 Å². The maximum atomic E-state index is 11.4. The smallest absolute Gasteiger partial charge is 0.289 e. The van der Waals surface area contributed by atoms with E-state index in [1.165, 1.54) is 18.2 Å². The van der Waals surface area contributed by atoms with E-state index in [9.17, 15) is 14.9 Å². The maximum Gasteiger partial charge on any atom is 0.289 e. The molecule has 26 heavy (non-hydrogen) atoms. The summed E-state index contributed by atoms with van der Waals surface area (Å²) in [7, 11) is 0. The minimum Gasteiger partial charge on any atom is -0.488 e. The van der Waals surface area contributed by atoms with Gasteiger partial charge in [-0.25, -0.2) is 0 Å². The van der Waals surface area contributed by atoms with Gasteiger partial charge in [0.25, 0.3) is 10.9 Å². The van der Waals surface area contributed by atoms with Crippen molar-refractivity contribution in [2.45, 2.75) is 6.61 Å². The molecule has 1 saturated heterocycles. The number of nitro groups is 1. The zero-order chi connectivity index (χ0) is 18.7. The first-order valence-corrected chi connectivity index (χ1v) is 8.94. The molecule has 0 unspecified atom stereocenters. The second-order valence-electron chi connectivity index (χ2n) is 5.21. The number of amides is 1. The second-order valence-corrected chi connectivity index (χ2v) is 7.04. The van der Waals surface area contributed by atoms with Gasteiger partial charge in [0.1, 0.15) is 17.3 Å². The SMILES string of the molecule is O=C1NC(=S)C(=Cc2cc([N+](=O)[O-])ccc2OCc2ccccc2Cl)S1. The van der Waals surface area contributed by atoms with Crippen LogP contribution in [-0.4, -0.2) is 15.2 Å². The molecule has 0 bridgehead atoms. The standard InChI is InChI=1S/C17H11ClN2O4S2/c18-13-4-2-1-3-10(13)9-24-14-6-5-12(20(22)23)7-11(14)8-15-16(25)19-17(21)26-15/h1-8H,9H2,(H,19,21,25). The van der Waals surface area contributed by atoms with E-state index in [1.54, 1.807) is 12.1 Å². The first-order valence-electron chi connectivity index (χ1n) is 7.33. The number of ether oxygens (including phenoxy) is 1. The Kier molecular flexibility index (Phi) is 5.55. The first-order chi connectivity index (χ1) is 12.4. The fraction of sp³-hybridized carbons (Fsp3) is 0.0588. The number of nitrogens with zero attached hydrogens (tertiary/aromatic N) is 1. The average molecular weight is 407 g/mol. The monoisotopic (exact) mass is 406 g/mol. The van der Waals surface area contributed by atoms with Gasteiger partial charge < -0.3 is 10.1 Å². The predicted octanol–water partition coefficient (Wildman–Crippen LogP) is 4.95. The quantitative estimate of drug-likeness (QED) is 0.327. The molecule has 0 saturated carbocycles. The zero-order valence-electron chi connectivity index (χ0n) is 13.1. The van der Waals surface area contributed by atoms with Crippen LogP contribution in [0.1, 0.15) is 11.1 Å². The topological polar surface area (TPSA) is 81.5 Å². The van der Waals surface area contributed by atoms with Gasteiger partial charge in [0.15, 0.2) is 0 Å². The van der Waals surface area contributed by atoms with E-state index in [1.807, 2.05) is 18.2 Å². The molecular weight excluding hydrogens is 396 g/mol. The lowest BCUT2D eigenvalue weighted by Gasteiger charge is -2.11. The lowest BCUT2D eigenvalue weighted by Crippen LogP contribution is -2.15.